The van der Waals surface area contributed by atoms with Gasteiger partial charge in [0.1, 0.15) is 0 Å². The summed E-state index contributed by atoms with van der Waals surface area (Å²) in [7, 11) is 0. The number of carbonyl (C=O) groups is 2. The molecule has 0 aromatic heterocycles. The van der Waals surface area contributed by atoms with Crippen molar-refractivity contribution in [2.24, 2.45) is 0 Å². The van der Waals surface area contributed by atoms with Gasteiger partial charge in [-0.15, -0.1) is 0 Å². The van der Waals surface area contributed by atoms with E-state index >= 15 is 0 Å². The van der Waals surface area contributed by atoms with Gasteiger partial charge in [0.15, 0.2) is 5.11 Å². The lowest BCUT2D eigenvalue weighted by Gasteiger charge is -2.10. The Morgan fingerprint density at radius 2 is 1.50 bits per heavy atom. The van der Waals surface area contributed by atoms with Crippen molar-refractivity contribution in [1.29, 1.82) is 0 Å². The topological polar surface area (TPSA) is 70.2 Å². The smallest absolute Gasteiger partial charge is 0.255 e. The maximum Gasteiger partial charge on any atom is 0.255 e. The zero-order valence-corrected chi connectivity index (χ0v) is 19.5. The van der Waals surface area contributed by atoms with Crippen LogP contribution in [0.15, 0.2) is 97.1 Å². The average molecular weight is 486 g/mol. The van der Waals surface area contributed by atoms with Gasteiger partial charge < -0.3 is 10.6 Å². The molecular formula is C27H20ClN3O2S. The molecule has 4 aromatic rings. The fourth-order valence-electron chi connectivity index (χ4n) is 3.38. The fraction of sp³-hybridized carbons (Fsp3) is 0. The third-order valence-corrected chi connectivity index (χ3v) is 5.38. The minimum absolute atomic E-state index is 0.125. The van der Waals surface area contributed by atoms with E-state index in [4.69, 9.17) is 23.8 Å². The van der Waals surface area contributed by atoms with Gasteiger partial charge in [0, 0.05) is 28.0 Å². The third kappa shape index (κ3) is 6.07. The molecule has 3 N–H and O–H groups in total. The molecule has 0 aliphatic heterocycles. The molecule has 0 spiro atoms. The first-order valence-electron chi connectivity index (χ1n) is 10.4. The molecule has 7 heteroatoms. The van der Waals surface area contributed by atoms with Crippen LogP contribution in [0.1, 0.15) is 15.9 Å². The predicted octanol–water partition coefficient (Wildman–Crippen LogP) is 6.27. The summed E-state index contributed by atoms with van der Waals surface area (Å²) in [4.78, 5) is 24.9. The van der Waals surface area contributed by atoms with Gasteiger partial charge in [0.05, 0.1) is 0 Å². The molecule has 168 valence electrons. The fourth-order valence-corrected chi connectivity index (χ4v) is 3.79. The highest BCUT2D eigenvalue weighted by molar-refractivity contribution is 7.80. The van der Waals surface area contributed by atoms with Gasteiger partial charge in [-0.2, -0.15) is 0 Å². The molecule has 0 saturated heterocycles. The molecule has 0 radical (unpaired) electrons. The molecule has 0 heterocycles. The number of amides is 2. The van der Waals surface area contributed by atoms with E-state index < -0.39 is 0 Å². The first-order chi connectivity index (χ1) is 16.5. The standard InChI is InChI=1S/C27H20ClN3O2S/c28-21-10-5-12-23(17-21)29-26(33)20-9-4-11-22(16-20)30-27(34)31-25(32)15-14-19-8-3-7-18-6-1-2-13-24(18)19/h1-17H,(H,29,33)(H2,30,31,32,34)/b15-14+. The second kappa shape index (κ2) is 10.7. The van der Waals surface area contributed by atoms with Gasteiger partial charge in [-0.1, -0.05) is 66.2 Å². The van der Waals surface area contributed by atoms with Crippen LogP contribution in [0, 0.1) is 0 Å². The highest BCUT2D eigenvalue weighted by Crippen LogP contribution is 2.20. The Morgan fingerprint density at radius 1 is 0.794 bits per heavy atom. The van der Waals surface area contributed by atoms with E-state index in [0.717, 1.165) is 16.3 Å². The summed E-state index contributed by atoms with van der Waals surface area (Å²) in [6.07, 6.45) is 3.19. The van der Waals surface area contributed by atoms with E-state index in [2.05, 4.69) is 16.0 Å². The first-order valence-corrected chi connectivity index (χ1v) is 11.2. The molecule has 0 unspecified atom stereocenters. The Morgan fingerprint density at radius 3 is 2.32 bits per heavy atom. The van der Waals surface area contributed by atoms with E-state index in [1.165, 1.54) is 6.08 Å². The van der Waals surface area contributed by atoms with Crippen LogP contribution in [-0.4, -0.2) is 16.9 Å². The number of nitrogens with one attached hydrogen (secondary N) is 3. The zero-order valence-electron chi connectivity index (χ0n) is 17.9. The molecule has 0 fully saturated rings. The van der Waals surface area contributed by atoms with Gasteiger partial charge in [-0.05, 0) is 71.0 Å². The maximum absolute atomic E-state index is 12.6. The molecule has 0 saturated carbocycles. The Bertz CT molecular complexity index is 1410. The maximum atomic E-state index is 12.6. The lowest BCUT2D eigenvalue weighted by atomic mass is 10.0. The van der Waals surface area contributed by atoms with Gasteiger partial charge in [0.2, 0.25) is 5.91 Å². The molecule has 34 heavy (non-hydrogen) atoms. The summed E-state index contributed by atoms with van der Waals surface area (Å²) in [5, 5.41) is 11.2. The summed E-state index contributed by atoms with van der Waals surface area (Å²) in [6.45, 7) is 0. The van der Waals surface area contributed by atoms with Crippen molar-refractivity contribution in [2.75, 3.05) is 10.6 Å². The monoisotopic (exact) mass is 485 g/mol. The minimum atomic E-state index is -0.361. The highest BCUT2D eigenvalue weighted by atomic mass is 35.5. The van der Waals surface area contributed by atoms with Gasteiger partial charge >= 0.3 is 0 Å². The van der Waals surface area contributed by atoms with Crippen LogP contribution in [0.4, 0.5) is 11.4 Å². The number of hydrogen-bond donors (Lipinski definition) is 3. The van der Waals surface area contributed by atoms with Crippen molar-refractivity contribution in [2.45, 2.75) is 0 Å². The van der Waals surface area contributed by atoms with Crippen molar-refractivity contribution in [3.63, 3.8) is 0 Å². The average Bonchev–Trinajstić information content (AvgIpc) is 2.83. The molecule has 4 rings (SSSR count). The molecule has 0 bridgehead atoms. The number of hydrogen-bond acceptors (Lipinski definition) is 3. The normalized spacial score (nSPS) is 10.7. The first kappa shape index (κ1) is 23.2. The van der Waals surface area contributed by atoms with Gasteiger partial charge in [-0.25, -0.2) is 0 Å². The lowest BCUT2D eigenvalue weighted by molar-refractivity contribution is -0.115. The Kier molecular flexibility index (Phi) is 7.32. The molecule has 2 amide bonds. The Balaban J connectivity index is 1.36. The van der Waals surface area contributed by atoms with Gasteiger partial charge in [-0.3, -0.25) is 14.9 Å². The van der Waals surface area contributed by atoms with E-state index in [-0.39, 0.29) is 16.9 Å². The number of rotatable bonds is 5. The number of carbonyl (C=O) groups excluding carboxylic acids is 2. The number of thiocarbonyl (C=S) groups is 1. The summed E-state index contributed by atoms with van der Waals surface area (Å²) >= 11 is 11.2. The summed E-state index contributed by atoms with van der Waals surface area (Å²) in [5.74, 6) is -0.654. The molecule has 4 aromatic carbocycles. The number of benzene rings is 4. The van der Waals surface area contributed by atoms with E-state index in [0.29, 0.717) is 22.0 Å². The zero-order chi connectivity index (χ0) is 23.9. The Hall–Kier alpha value is -4.00. The minimum Gasteiger partial charge on any atom is -0.332 e. The van der Waals surface area contributed by atoms with Crippen LogP contribution < -0.4 is 16.0 Å². The van der Waals surface area contributed by atoms with Crippen molar-refractivity contribution >= 4 is 69.0 Å². The predicted molar refractivity (Wildman–Crippen MR) is 143 cm³/mol. The second-order valence-electron chi connectivity index (χ2n) is 7.39. The van der Waals surface area contributed by atoms with E-state index in [1.807, 2.05) is 42.5 Å². The summed E-state index contributed by atoms with van der Waals surface area (Å²) in [5.41, 5.74) is 2.53. The van der Waals surface area contributed by atoms with Crippen LogP contribution in [0.3, 0.4) is 0 Å². The number of fused-ring (bicyclic) bond motifs is 1. The quantitative estimate of drug-likeness (QED) is 0.230. The van der Waals surface area contributed by atoms with E-state index in [9.17, 15) is 9.59 Å². The van der Waals surface area contributed by atoms with Crippen LogP contribution in [0.25, 0.3) is 16.8 Å². The van der Waals surface area contributed by atoms with E-state index in [1.54, 1.807) is 54.6 Å². The van der Waals surface area contributed by atoms with Crippen molar-refractivity contribution in [3.8, 4) is 0 Å². The molecule has 0 atom stereocenters. The van der Waals surface area contributed by atoms with Crippen molar-refractivity contribution in [3.05, 3.63) is 113 Å². The largest absolute Gasteiger partial charge is 0.332 e. The second-order valence-corrected chi connectivity index (χ2v) is 8.24. The SMILES string of the molecule is O=C(/C=C/c1cccc2ccccc12)NC(=S)Nc1cccc(C(=O)Nc2cccc(Cl)c2)c1. The van der Waals surface area contributed by atoms with Crippen molar-refractivity contribution < 1.29 is 9.59 Å². The molecule has 0 aliphatic carbocycles. The molecule has 5 nitrogen and oxygen atoms in total. The highest BCUT2D eigenvalue weighted by Gasteiger charge is 2.09. The van der Waals surface area contributed by atoms with Crippen molar-refractivity contribution in [1.82, 2.24) is 5.32 Å². The lowest BCUT2D eigenvalue weighted by Crippen LogP contribution is -2.32. The molecule has 0 aliphatic rings. The summed E-state index contributed by atoms with van der Waals surface area (Å²) in [6, 6.07) is 27.6. The van der Waals surface area contributed by atoms with Crippen LogP contribution in [0.2, 0.25) is 5.02 Å². The molecular weight excluding hydrogens is 466 g/mol. The summed E-state index contributed by atoms with van der Waals surface area (Å²) < 4.78 is 0. The van der Waals surface area contributed by atoms with Crippen LogP contribution in [-0.2, 0) is 4.79 Å². The van der Waals surface area contributed by atoms with Crippen LogP contribution in [0.5, 0.6) is 0 Å². The Labute approximate surface area is 207 Å². The third-order valence-electron chi connectivity index (χ3n) is 4.94. The van der Waals surface area contributed by atoms with Gasteiger partial charge in [0.25, 0.3) is 5.91 Å². The van der Waals surface area contributed by atoms with Crippen LogP contribution >= 0.6 is 23.8 Å². The number of halogens is 1. The number of anilines is 2.